The molecule has 0 saturated heterocycles. The zero-order chi connectivity index (χ0) is 14.8. The van der Waals surface area contributed by atoms with E-state index in [0.717, 1.165) is 6.07 Å². The zero-order valence-electron chi connectivity index (χ0n) is 10.5. The first-order valence-corrected chi connectivity index (χ1v) is 6.24. The lowest BCUT2D eigenvalue weighted by atomic mass is 10.1. The van der Waals surface area contributed by atoms with Gasteiger partial charge in [0.2, 0.25) is 5.95 Å². The Kier molecular flexibility index (Phi) is 4.13. The van der Waals surface area contributed by atoms with Crippen molar-refractivity contribution in [3.63, 3.8) is 0 Å². The van der Waals surface area contributed by atoms with Gasteiger partial charge in [-0.3, -0.25) is 0 Å². The molecule has 2 rings (SSSR count). The van der Waals surface area contributed by atoms with Crippen LogP contribution in [0, 0.1) is 0 Å². The van der Waals surface area contributed by atoms with E-state index >= 15 is 0 Å². The van der Waals surface area contributed by atoms with Crippen molar-refractivity contribution >= 4 is 17.5 Å². The molecule has 2 aromatic rings. The maximum absolute atomic E-state index is 12.9. The van der Waals surface area contributed by atoms with Crippen LogP contribution in [0.15, 0.2) is 30.3 Å². The summed E-state index contributed by atoms with van der Waals surface area (Å²) < 4.78 is 38.6. The molecule has 0 saturated carbocycles. The third-order valence-corrected chi connectivity index (χ3v) is 2.83. The second kappa shape index (κ2) is 5.66. The van der Waals surface area contributed by atoms with Crippen LogP contribution < -0.4 is 5.32 Å². The molecule has 0 bridgehead atoms. The highest BCUT2D eigenvalue weighted by molar-refractivity contribution is 6.33. The summed E-state index contributed by atoms with van der Waals surface area (Å²) in [4.78, 5) is 7.52. The first kappa shape index (κ1) is 14.6. The summed E-state index contributed by atoms with van der Waals surface area (Å²) in [7, 11) is 0. The standard InChI is InChI=1S/C13H11ClF3N3/c1-2-18-12-19-10(7-11(20-12)13(15,16)17)8-5-3-4-6-9(8)14/h3-7H,2H2,1H3,(H,18,19,20). The van der Waals surface area contributed by atoms with Crippen LogP contribution in [-0.2, 0) is 6.18 Å². The minimum atomic E-state index is -4.54. The lowest BCUT2D eigenvalue weighted by molar-refractivity contribution is -0.141. The third-order valence-electron chi connectivity index (χ3n) is 2.50. The average Bonchev–Trinajstić information content (AvgIpc) is 2.38. The Hall–Kier alpha value is -1.82. The Morgan fingerprint density at radius 3 is 2.50 bits per heavy atom. The third kappa shape index (κ3) is 3.19. The van der Waals surface area contributed by atoms with Gasteiger partial charge in [-0.25, -0.2) is 9.97 Å². The maximum atomic E-state index is 12.9. The molecule has 7 heteroatoms. The summed E-state index contributed by atoms with van der Waals surface area (Å²) >= 11 is 5.99. The molecule has 0 aliphatic heterocycles. The van der Waals surface area contributed by atoms with Crippen LogP contribution in [0.1, 0.15) is 12.6 Å². The van der Waals surface area contributed by atoms with Crippen LogP contribution >= 0.6 is 11.6 Å². The van der Waals surface area contributed by atoms with Gasteiger partial charge in [-0.05, 0) is 19.1 Å². The van der Waals surface area contributed by atoms with E-state index in [9.17, 15) is 13.2 Å². The molecule has 0 atom stereocenters. The Morgan fingerprint density at radius 1 is 1.20 bits per heavy atom. The van der Waals surface area contributed by atoms with Gasteiger partial charge in [-0.2, -0.15) is 13.2 Å². The summed E-state index contributed by atoms with van der Waals surface area (Å²) in [6, 6.07) is 7.48. The highest BCUT2D eigenvalue weighted by Crippen LogP contribution is 2.33. The lowest BCUT2D eigenvalue weighted by Gasteiger charge is -2.11. The van der Waals surface area contributed by atoms with Crippen molar-refractivity contribution in [3.8, 4) is 11.3 Å². The molecule has 0 radical (unpaired) electrons. The number of benzene rings is 1. The molecular formula is C13H11ClF3N3. The predicted octanol–water partition coefficient (Wildman–Crippen LogP) is 4.25. The number of aromatic nitrogens is 2. The first-order chi connectivity index (χ1) is 9.41. The van der Waals surface area contributed by atoms with Crippen LogP contribution in [0.5, 0.6) is 0 Å². The largest absolute Gasteiger partial charge is 0.433 e. The smallest absolute Gasteiger partial charge is 0.354 e. The minimum absolute atomic E-state index is 0.0720. The number of nitrogens with one attached hydrogen (secondary N) is 1. The Morgan fingerprint density at radius 2 is 1.90 bits per heavy atom. The van der Waals surface area contributed by atoms with Crippen molar-refractivity contribution in [1.82, 2.24) is 9.97 Å². The SMILES string of the molecule is CCNc1nc(-c2ccccc2Cl)cc(C(F)(F)F)n1. The van der Waals surface area contributed by atoms with Crippen LogP contribution in [0.3, 0.4) is 0 Å². The molecule has 0 fully saturated rings. The van der Waals surface area contributed by atoms with E-state index < -0.39 is 11.9 Å². The van der Waals surface area contributed by atoms with Gasteiger partial charge >= 0.3 is 6.18 Å². The van der Waals surface area contributed by atoms with Gasteiger partial charge < -0.3 is 5.32 Å². The van der Waals surface area contributed by atoms with Crippen molar-refractivity contribution in [2.75, 3.05) is 11.9 Å². The van der Waals surface area contributed by atoms with Gasteiger partial charge in [0.25, 0.3) is 0 Å². The lowest BCUT2D eigenvalue weighted by Crippen LogP contribution is -2.12. The second-order valence-corrected chi connectivity index (χ2v) is 4.38. The van der Waals surface area contributed by atoms with Crippen molar-refractivity contribution in [3.05, 3.63) is 41.0 Å². The van der Waals surface area contributed by atoms with Crippen LogP contribution in [0.25, 0.3) is 11.3 Å². The minimum Gasteiger partial charge on any atom is -0.354 e. The molecule has 1 N–H and O–H groups in total. The Balaban J connectivity index is 2.58. The first-order valence-electron chi connectivity index (χ1n) is 5.87. The number of halogens is 4. The highest BCUT2D eigenvalue weighted by Gasteiger charge is 2.33. The summed E-state index contributed by atoms with van der Waals surface area (Å²) in [5, 5.41) is 3.02. The Bertz CT molecular complexity index is 614. The molecule has 0 aliphatic rings. The number of nitrogens with zero attached hydrogens (tertiary/aromatic N) is 2. The summed E-state index contributed by atoms with van der Waals surface area (Å²) in [6.07, 6.45) is -4.54. The van der Waals surface area contributed by atoms with E-state index in [0.29, 0.717) is 17.1 Å². The van der Waals surface area contributed by atoms with Crippen LogP contribution in [0.4, 0.5) is 19.1 Å². The zero-order valence-corrected chi connectivity index (χ0v) is 11.3. The number of alkyl halides is 3. The highest BCUT2D eigenvalue weighted by atomic mass is 35.5. The number of hydrogen-bond acceptors (Lipinski definition) is 3. The molecule has 20 heavy (non-hydrogen) atoms. The molecule has 1 aromatic heterocycles. The van der Waals surface area contributed by atoms with Crippen LogP contribution in [0.2, 0.25) is 5.02 Å². The van der Waals surface area contributed by atoms with E-state index in [1.807, 2.05) is 0 Å². The fraction of sp³-hybridized carbons (Fsp3) is 0.231. The van der Waals surface area contributed by atoms with Crippen molar-refractivity contribution in [2.24, 2.45) is 0 Å². The van der Waals surface area contributed by atoms with Gasteiger partial charge in [0.15, 0.2) is 5.69 Å². The van der Waals surface area contributed by atoms with Crippen molar-refractivity contribution in [1.29, 1.82) is 0 Å². The van der Waals surface area contributed by atoms with E-state index in [2.05, 4.69) is 15.3 Å². The van der Waals surface area contributed by atoms with Gasteiger partial charge in [0.1, 0.15) is 0 Å². The summed E-state index contributed by atoms with van der Waals surface area (Å²) in [6.45, 7) is 2.17. The molecule has 0 amide bonds. The molecule has 106 valence electrons. The number of rotatable bonds is 3. The molecule has 0 spiro atoms. The van der Waals surface area contributed by atoms with E-state index in [1.165, 1.54) is 0 Å². The second-order valence-electron chi connectivity index (χ2n) is 3.97. The fourth-order valence-electron chi connectivity index (χ4n) is 1.64. The molecule has 0 aliphatic carbocycles. The number of anilines is 1. The Labute approximate surface area is 118 Å². The quantitative estimate of drug-likeness (QED) is 0.921. The number of hydrogen-bond donors (Lipinski definition) is 1. The van der Waals surface area contributed by atoms with Crippen molar-refractivity contribution < 1.29 is 13.2 Å². The van der Waals surface area contributed by atoms with Gasteiger partial charge in [0.05, 0.1) is 5.69 Å². The average molecular weight is 302 g/mol. The summed E-state index contributed by atoms with van der Waals surface area (Å²) in [5.74, 6) is -0.0720. The molecular weight excluding hydrogens is 291 g/mol. The van der Waals surface area contributed by atoms with Gasteiger partial charge in [-0.1, -0.05) is 29.8 Å². The predicted molar refractivity (Wildman–Crippen MR) is 71.6 cm³/mol. The van der Waals surface area contributed by atoms with Gasteiger partial charge in [-0.15, -0.1) is 0 Å². The van der Waals surface area contributed by atoms with Crippen LogP contribution in [-0.4, -0.2) is 16.5 Å². The molecule has 1 aromatic carbocycles. The molecule has 1 heterocycles. The molecule has 3 nitrogen and oxygen atoms in total. The van der Waals surface area contributed by atoms with E-state index in [4.69, 9.17) is 11.6 Å². The maximum Gasteiger partial charge on any atom is 0.433 e. The van der Waals surface area contributed by atoms with E-state index in [1.54, 1.807) is 31.2 Å². The fourth-order valence-corrected chi connectivity index (χ4v) is 1.87. The molecule has 0 unspecified atom stereocenters. The topological polar surface area (TPSA) is 37.8 Å². The summed E-state index contributed by atoms with van der Waals surface area (Å²) in [5.41, 5.74) is -0.437. The monoisotopic (exact) mass is 301 g/mol. The normalized spacial score (nSPS) is 11.4. The van der Waals surface area contributed by atoms with E-state index in [-0.39, 0.29) is 11.6 Å². The van der Waals surface area contributed by atoms with Crippen molar-refractivity contribution in [2.45, 2.75) is 13.1 Å². The van der Waals surface area contributed by atoms with Gasteiger partial charge in [0, 0.05) is 17.1 Å².